The molecule has 0 radical (unpaired) electrons. The first kappa shape index (κ1) is 14.9. The number of benzene rings is 1. The van der Waals surface area contributed by atoms with Crippen LogP contribution in [-0.2, 0) is 4.79 Å². The van der Waals surface area contributed by atoms with Gasteiger partial charge in [-0.25, -0.2) is 4.39 Å². The van der Waals surface area contributed by atoms with E-state index in [-0.39, 0.29) is 23.2 Å². The molecule has 0 bridgehead atoms. The lowest BCUT2D eigenvalue weighted by atomic mass is 9.81. The Morgan fingerprint density at radius 1 is 1.44 bits per heavy atom. The van der Waals surface area contributed by atoms with Gasteiger partial charge in [0, 0.05) is 6.54 Å². The summed E-state index contributed by atoms with van der Waals surface area (Å²) < 4.78 is 13.6. The Bertz CT molecular complexity index is 404. The third-order valence-electron chi connectivity index (χ3n) is 3.43. The smallest absolute Gasteiger partial charge is 0.231 e. The molecule has 1 rings (SSSR count). The Hall–Kier alpha value is -1.13. The second-order valence-electron chi connectivity index (χ2n) is 4.24. The lowest BCUT2D eigenvalue weighted by molar-refractivity contribution is -0.125. The molecule has 0 unspecified atom stereocenters. The van der Waals surface area contributed by atoms with Gasteiger partial charge in [-0.2, -0.15) is 0 Å². The fraction of sp³-hybridized carbons (Fsp3) is 0.462. The van der Waals surface area contributed by atoms with E-state index in [0.717, 1.165) is 0 Å². The van der Waals surface area contributed by atoms with Crippen LogP contribution in [0, 0.1) is 11.2 Å². The van der Waals surface area contributed by atoms with Crippen LogP contribution in [0.15, 0.2) is 18.2 Å². The first-order valence-electron chi connectivity index (χ1n) is 5.96. The first-order chi connectivity index (χ1) is 8.50. The molecule has 5 heteroatoms. The number of amides is 1. The third-order valence-corrected chi connectivity index (χ3v) is 3.74. The van der Waals surface area contributed by atoms with Gasteiger partial charge in [-0.3, -0.25) is 4.79 Å². The highest BCUT2D eigenvalue weighted by atomic mass is 35.5. The summed E-state index contributed by atoms with van der Waals surface area (Å²) >= 11 is 5.87. The Morgan fingerprint density at radius 3 is 2.50 bits per heavy atom. The molecule has 0 saturated carbocycles. The molecule has 3 nitrogen and oxygen atoms in total. The number of nitrogens with two attached hydrogens (primary N) is 1. The quantitative estimate of drug-likeness (QED) is 0.865. The molecule has 1 aromatic carbocycles. The van der Waals surface area contributed by atoms with E-state index in [1.165, 1.54) is 18.2 Å². The number of nitrogens with one attached hydrogen (secondary N) is 1. The molecule has 0 aromatic heterocycles. The molecule has 0 fully saturated rings. The molecular formula is C13H18ClFN2O. The summed E-state index contributed by atoms with van der Waals surface area (Å²) in [4.78, 5) is 12.2. The topological polar surface area (TPSA) is 55.1 Å². The van der Waals surface area contributed by atoms with Crippen LogP contribution in [0.25, 0.3) is 0 Å². The van der Waals surface area contributed by atoms with E-state index < -0.39 is 11.2 Å². The first-order valence-corrected chi connectivity index (χ1v) is 6.34. The molecule has 18 heavy (non-hydrogen) atoms. The largest absolute Gasteiger partial charge is 0.329 e. The molecule has 0 atom stereocenters. The monoisotopic (exact) mass is 272 g/mol. The van der Waals surface area contributed by atoms with Gasteiger partial charge in [0.05, 0.1) is 16.1 Å². The summed E-state index contributed by atoms with van der Waals surface area (Å²) in [7, 11) is 0. The SMILES string of the molecule is CCC(CC)(CN)C(=O)Nc1c(F)cccc1Cl. The van der Waals surface area contributed by atoms with E-state index in [1.54, 1.807) is 0 Å². The predicted octanol–water partition coefficient (Wildman–Crippen LogP) is 3.18. The molecular weight excluding hydrogens is 255 g/mol. The number of hydrogen-bond acceptors (Lipinski definition) is 2. The fourth-order valence-corrected chi connectivity index (χ4v) is 2.03. The second-order valence-corrected chi connectivity index (χ2v) is 4.65. The highest BCUT2D eigenvalue weighted by molar-refractivity contribution is 6.33. The van der Waals surface area contributed by atoms with Crippen molar-refractivity contribution in [3.05, 3.63) is 29.0 Å². The number of halogens is 2. The minimum atomic E-state index is -0.675. The van der Waals surface area contributed by atoms with Crippen molar-refractivity contribution in [3.8, 4) is 0 Å². The van der Waals surface area contributed by atoms with Gasteiger partial charge in [-0.15, -0.1) is 0 Å². The molecule has 0 aliphatic rings. The second kappa shape index (κ2) is 6.16. The van der Waals surface area contributed by atoms with Gasteiger partial charge in [-0.05, 0) is 25.0 Å². The van der Waals surface area contributed by atoms with Crippen molar-refractivity contribution in [1.29, 1.82) is 0 Å². The van der Waals surface area contributed by atoms with Crippen LogP contribution in [0.1, 0.15) is 26.7 Å². The number of carbonyl (C=O) groups is 1. The molecule has 0 aliphatic heterocycles. The van der Waals surface area contributed by atoms with Crippen LogP contribution in [0.4, 0.5) is 10.1 Å². The van der Waals surface area contributed by atoms with Crippen molar-refractivity contribution in [2.75, 3.05) is 11.9 Å². The lowest BCUT2D eigenvalue weighted by Gasteiger charge is -2.28. The molecule has 0 heterocycles. The van der Waals surface area contributed by atoms with Gasteiger partial charge in [-0.1, -0.05) is 31.5 Å². The van der Waals surface area contributed by atoms with Crippen LogP contribution < -0.4 is 11.1 Å². The maximum atomic E-state index is 13.6. The number of rotatable bonds is 5. The minimum Gasteiger partial charge on any atom is -0.329 e. The van der Waals surface area contributed by atoms with Crippen LogP contribution in [0.5, 0.6) is 0 Å². The summed E-state index contributed by atoms with van der Waals surface area (Å²) in [6.45, 7) is 4.00. The average molecular weight is 273 g/mol. The van der Waals surface area contributed by atoms with E-state index in [9.17, 15) is 9.18 Å². The van der Waals surface area contributed by atoms with E-state index in [2.05, 4.69) is 5.32 Å². The van der Waals surface area contributed by atoms with E-state index in [4.69, 9.17) is 17.3 Å². The van der Waals surface area contributed by atoms with Crippen molar-refractivity contribution in [2.45, 2.75) is 26.7 Å². The standard InChI is InChI=1S/C13H18ClFN2O/c1-3-13(4-2,8-16)12(18)17-11-9(14)6-5-7-10(11)15/h5-7H,3-4,8,16H2,1-2H3,(H,17,18). The average Bonchev–Trinajstić information content (AvgIpc) is 2.37. The Balaban J connectivity index is 3.00. The van der Waals surface area contributed by atoms with Gasteiger partial charge in [0.2, 0.25) is 5.91 Å². The summed E-state index contributed by atoms with van der Waals surface area (Å²) in [6.07, 6.45) is 1.19. The molecule has 0 saturated heterocycles. The summed E-state index contributed by atoms with van der Waals surface area (Å²) in [5.74, 6) is -0.837. The highest BCUT2D eigenvalue weighted by Crippen LogP contribution is 2.30. The highest BCUT2D eigenvalue weighted by Gasteiger charge is 2.34. The fourth-order valence-electron chi connectivity index (χ4n) is 1.82. The van der Waals surface area contributed by atoms with Crippen molar-refractivity contribution in [1.82, 2.24) is 0 Å². The molecule has 1 amide bonds. The van der Waals surface area contributed by atoms with Crippen molar-refractivity contribution < 1.29 is 9.18 Å². The van der Waals surface area contributed by atoms with Gasteiger partial charge in [0.15, 0.2) is 0 Å². The molecule has 0 aliphatic carbocycles. The molecule has 1 aromatic rings. The summed E-state index contributed by atoms with van der Waals surface area (Å²) in [6, 6.07) is 4.27. The van der Waals surface area contributed by atoms with Gasteiger partial charge in [0.25, 0.3) is 0 Å². The Kier molecular flexibility index (Phi) is 5.11. The molecule has 0 spiro atoms. The normalized spacial score (nSPS) is 11.4. The third kappa shape index (κ3) is 2.82. The minimum absolute atomic E-state index is 0.0175. The summed E-state index contributed by atoms with van der Waals surface area (Å²) in [5, 5.41) is 2.73. The van der Waals surface area contributed by atoms with E-state index in [0.29, 0.717) is 12.8 Å². The predicted molar refractivity (Wildman–Crippen MR) is 72.1 cm³/mol. The maximum absolute atomic E-state index is 13.6. The van der Waals surface area contributed by atoms with Crippen LogP contribution in [0.3, 0.4) is 0 Å². The van der Waals surface area contributed by atoms with E-state index >= 15 is 0 Å². The zero-order chi connectivity index (χ0) is 13.8. The maximum Gasteiger partial charge on any atom is 0.231 e. The lowest BCUT2D eigenvalue weighted by Crippen LogP contribution is -2.41. The van der Waals surface area contributed by atoms with Crippen molar-refractivity contribution in [3.63, 3.8) is 0 Å². The van der Waals surface area contributed by atoms with E-state index in [1.807, 2.05) is 13.8 Å². The Labute approximate surface area is 112 Å². The van der Waals surface area contributed by atoms with Gasteiger partial charge in [0.1, 0.15) is 5.82 Å². The van der Waals surface area contributed by atoms with Crippen molar-refractivity contribution >= 4 is 23.2 Å². The van der Waals surface area contributed by atoms with Crippen LogP contribution in [0.2, 0.25) is 5.02 Å². The molecule has 100 valence electrons. The Morgan fingerprint density at radius 2 is 2.06 bits per heavy atom. The van der Waals surface area contributed by atoms with Crippen molar-refractivity contribution in [2.24, 2.45) is 11.1 Å². The number of hydrogen-bond donors (Lipinski definition) is 2. The zero-order valence-corrected chi connectivity index (χ0v) is 11.4. The van der Waals surface area contributed by atoms with Crippen LogP contribution >= 0.6 is 11.6 Å². The number of anilines is 1. The molecule has 3 N–H and O–H groups in total. The zero-order valence-electron chi connectivity index (χ0n) is 10.6. The number of carbonyl (C=O) groups excluding carboxylic acids is 1. The number of para-hydroxylation sites is 1. The van der Waals surface area contributed by atoms with Crippen LogP contribution in [-0.4, -0.2) is 12.5 Å². The van der Waals surface area contributed by atoms with Gasteiger partial charge >= 0.3 is 0 Å². The van der Waals surface area contributed by atoms with Gasteiger partial charge < -0.3 is 11.1 Å². The summed E-state index contributed by atoms with van der Waals surface area (Å²) in [5.41, 5.74) is 5.01.